The van der Waals surface area contributed by atoms with Crippen LogP contribution >= 0.6 is 0 Å². The number of rotatable bonds is 8. The fourth-order valence-corrected chi connectivity index (χ4v) is 15.0. The largest absolute Gasteiger partial charge is 0.459 e. The van der Waals surface area contributed by atoms with E-state index in [0.717, 1.165) is 5.57 Å². The normalized spacial score (nSPS) is 55.8. The Hall–Kier alpha value is -2.00. The molecule has 380 valence electrons. The molecule has 4 aliphatic heterocycles. The number of fused-ring (bicyclic) bond motifs is 10. The van der Waals surface area contributed by atoms with Crippen LogP contribution in [-0.2, 0) is 42.7 Å². The van der Waals surface area contributed by atoms with Gasteiger partial charge >= 0.3 is 11.9 Å². The minimum atomic E-state index is -1.99. The number of esters is 2. The molecule has 4 saturated carbocycles. The molecule has 25 atom stereocenters. The van der Waals surface area contributed by atoms with E-state index in [0.29, 0.717) is 38.5 Å². The third-order valence-corrected chi connectivity index (χ3v) is 19.0. The van der Waals surface area contributed by atoms with E-state index in [2.05, 4.69) is 40.7 Å². The van der Waals surface area contributed by atoms with E-state index in [1.165, 1.54) is 0 Å². The summed E-state index contributed by atoms with van der Waals surface area (Å²) in [6.45, 7) is 8.82. The molecule has 4 saturated heterocycles. The van der Waals surface area contributed by atoms with Gasteiger partial charge in [-0.25, -0.2) is 0 Å². The third kappa shape index (κ3) is 7.11. The lowest BCUT2D eigenvalue weighted by atomic mass is 9.33. The number of aliphatic hydroxyl groups is 12. The molecule has 0 aromatic heterocycles. The van der Waals surface area contributed by atoms with Crippen molar-refractivity contribution in [2.45, 2.75) is 190 Å². The van der Waals surface area contributed by atoms with Gasteiger partial charge in [0.2, 0.25) is 6.29 Å². The second-order valence-electron chi connectivity index (χ2n) is 22.7. The number of ether oxygens (including phenoxy) is 7. The number of carbonyl (C=O) groups excluding carboxylic acids is 2. The Morgan fingerprint density at radius 3 is 2.09 bits per heavy atom. The van der Waals surface area contributed by atoms with Crippen LogP contribution in [0.2, 0.25) is 0 Å². The predicted octanol–water partition coefficient (Wildman–Crippen LogP) is -2.80. The van der Waals surface area contributed by atoms with Crippen LogP contribution in [0.1, 0.15) is 86.0 Å². The van der Waals surface area contributed by atoms with Crippen molar-refractivity contribution in [1.29, 1.82) is 0 Å². The quantitative estimate of drug-likeness (QED) is 0.0664. The molecule has 2 bridgehead atoms. The molecule has 8 fully saturated rings. The molecule has 9 rings (SSSR count). The van der Waals surface area contributed by atoms with E-state index in [1.807, 2.05) is 0 Å². The van der Waals surface area contributed by atoms with Crippen molar-refractivity contribution in [3.8, 4) is 0 Å². The highest BCUT2D eigenvalue weighted by Crippen LogP contribution is 2.77. The topological polar surface area (TPSA) is 342 Å². The molecule has 0 aromatic carbocycles. The van der Waals surface area contributed by atoms with Crippen LogP contribution < -0.4 is 0 Å². The van der Waals surface area contributed by atoms with Crippen molar-refractivity contribution in [2.75, 3.05) is 19.8 Å². The van der Waals surface area contributed by atoms with Crippen molar-refractivity contribution in [3.63, 3.8) is 0 Å². The first-order chi connectivity index (χ1) is 31.4. The number of carbonyl (C=O) groups is 2. The zero-order valence-electron chi connectivity index (χ0n) is 38.4. The van der Waals surface area contributed by atoms with Gasteiger partial charge in [0.15, 0.2) is 25.0 Å². The van der Waals surface area contributed by atoms with Crippen LogP contribution in [0.15, 0.2) is 11.6 Å². The summed E-state index contributed by atoms with van der Waals surface area (Å²) in [4.78, 5) is 29.2. The molecule has 4 heterocycles. The maximum Gasteiger partial charge on any atom is 0.317 e. The van der Waals surface area contributed by atoms with Crippen molar-refractivity contribution < 1.29 is 104 Å². The lowest BCUT2D eigenvalue weighted by Crippen LogP contribution is -2.70. The molecular weight excluding hydrogens is 888 g/mol. The first-order valence-corrected chi connectivity index (χ1v) is 23.8. The van der Waals surface area contributed by atoms with Crippen LogP contribution in [0.5, 0.6) is 0 Å². The number of hydrogen-bond acceptors (Lipinski definition) is 21. The molecule has 0 aromatic rings. The van der Waals surface area contributed by atoms with Crippen LogP contribution in [0.3, 0.4) is 0 Å². The number of hydrogen-bond donors (Lipinski definition) is 12. The minimum Gasteiger partial charge on any atom is -0.459 e. The van der Waals surface area contributed by atoms with E-state index < -0.39 is 175 Å². The zero-order chi connectivity index (χ0) is 48.7. The van der Waals surface area contributed by atoms with E-state index in [1.54, 1.807) is 0 Å². The first-order valence-electron chi connectivity index (χ1n) is 23.8. The maximum absolute atomic E-state index is 15.1. The highest BCUT2D eigenvalue weighted by Gasteiger charge is 2.77. The summed E-state index contributed by atoms with van der Waals surface area (Å²) in [7, 11) is 0. The first kappa shape index (κ1) is 50.0. The van der Waals surface area contributed by atoms with Gasteiger partial charge in [0.05, 0.1) is 25.9 Å². The number of aliphatic hydroxyl groups excluding tert-OH is 12. The summed E-state index contributed by atoms with van der Waals surface area (Å²) in [5.41, 5.74) is -4.36. The van der Waals surface area contributed by atoms with Crippen molar-refractivity contribution >= 4 is 11.9 Å². The SMILES string of the molecule is CC1(C)CC[C@]2(C(=O)O[C@@H]3OC[C@H](O)[C@H](O)[C@H]3O[C@@H]3O[C@@H](O)[C@H](O)[C@@H](O)[C@H]3O)[C@H](O)C[C@]3(C)C(=CC[C@@H]4[C@@]5(C)C[C@@H]6OC(=O)[C@](CO)([C@@H]5CC[C@]43C)[C@H]6O[C@@H]3O[C@H](CO)[C@@H](O)[C@H](O)[C@H]3O)[C@@H]2C1. The van der Waals surface area contributed by atoms with E-state index >= 15 is 4.79 Å². The Morgan fingerprint density at radius 2 is 1.42 bits per heavy atom. The molecule has 0 unspecified atom stereocenters. The van der Waals surface area contributed by atoms with Gasteiger partial charge in [0.25, 0.3) is 0 Å². The highest BCUT2D eigenvalue weighted by atomic mass is 16.8. The fraction of sp³-hybridized carbons (Fsp3) is 0.913. The monoisotopic (exact) mass is 958 g/mol. The Bertz CT molecular complexity index is 1930. The lowest BCUT2D eigenvalue weighted by molar-refractivity contribution is -0.376. The summed E-state index contributed by atoms with van der Waals surface area (Å²) in [5, 5.41) is 129. The molecule has 67 heavy (non-hydrogen) atoms. The van der Waals surface area contributed by atoms with E-state index in [-0.39, 0.29) is 24.2 Å². The molecule has 9 aliphatic rings. The van der Waals surface area contributed by atoms with Gasteiger partial charge in [0.1, 0.15) is 78.0 Å². The van der Waals surface area contributed by atoms with Crippen LogP contribution in [-0.4, -0.2) is 198 Å². The standard InChI is InChI=1S/C46H70O21/c1-41(2)10-11-45(39(59)67-38-33(26(51)20(49)16-61-38)64-37-32(57)29(54)30(55)35(58)66-37)19(12-41)18-6-7-23-42(3)13-21-34(65-36-31(56)28(53)27(52)22(15-47)62-36)46(17-48,40(60)63-21)24(42)8-9-43(23,4)44(18,5)14-25(45)50/h6,19-38,47-58H,7-17H2,1-5H3/t19-,20-,21-,22+,23+,24+,25+,26-,27+,28-,29+,30+,31+,32+,33+,34-,35+,36-,37+,38-,42+,43+,44+,45+,46+/m0/s1. The summed E-state index contributed by atoms with van der Waals surface area (Å²) < 4.78 is 40.8. The molecule has 21 nitrogen and oxygen atoms in total. The van der Waals surface area contributed by atoms with E-state index in [4.69, 9.17) is 33.2 Å². The van der Waals surface area contributed by atoms with Gasteiger partial charge < -0.3 is 94.4 Å². The molecule has 0 amide bonds. The van der Waals surface area contributed by atoms with Crippen LogP contribution in [0.4, 0.5) is 0 Å². The molecule has 5 aliphatic carbocycles. The third-order valence-electron chi connectivity index (χ3n) is 19.0. The van der Waals surface area contributed by atoms with Gasteiger partial charge in [-0.05, 0) is 90.8 Å². The maximum atomic E-state index is 15.1. The van der Waals surface area contributed by atoms with Gasteiger partial charge in [-0.15, -0.1) is 0 Å². The van der Waals surface area contributed by atoms with Crippen LogP contribution in [0.25, 0.3) is 0 Å². The Kier molecular flexibility index (Phi) is 12.7. The predicted molar refractivity (Wildman–Crippen MR) is 222 cm³/mol. The van der Waals surface area contributed by atoms with Gasteiger partial charge in [-0.3, -0.25) is 9.59 Å². The van der Waals surface area contributed by atoms with Gasteiger partial charge in [-0.2, -0.15) is 0 Å². The Labute approximate surface area is 387 Å². The summed E-state index contributed by atoms with van der Waals surface area (Å²) in [5.74, 6) is -2.69. The van der Waals surface area contributed by atoms with Crippen molar-refractivity contribution in [1.82, 2.24) is 0 Å². The smallest absolute Gasteiger partial charge is 0.317 e. The Balaban J connectivity index is 1.02. The molecule has 21 heteroatoms. The second kappa shape index (κ2) is 17.1. The van der Waals surface area contributed by atoms with Crippen molar-refractivity contribution in [3.05, 3.63) is 11.6 Å². The zero-order valence-corrected chi connectivity index (χ0v) is 38.4. The molecule has 0 radical (unpaired) electrons. The van der Waals surface area contributed by atoms with Crippen LogP contribution in [0, 0.1) is 50.2 Å². The lowest BCUT2D eigenvalue weighted by Gasteiger charge is -2.71. The molecule has 0 spiro atoms. The van der Waals surface area contributed by atoms with Crippen molar-refractivity contribution in [2.24, 2.45) is 50.2 Å². The average Bonchev–Trinajstić information content (AvgIpc) is 3.47. The summed E-state index contributed by atoms with van der Waals surface area (Å²) in [6, 6.07) is 0. The number of allylic oxidation sites excluding steroid dienone is 2. The molecule has 12 N–H and O–H groups in total. The Morgan fingerprint density at radius 1 is 0.746 bits per heavy atom. The minimum absolute atomic E-state index is 0.137. The average molecular weight is 959 g/mol. The molecular formula is C46H70O21. The highest BCUT2D eigenvalue weighted by molar-refractivity contribution is 5.82. The summed E-state index contributed by atoms with van der Waals surface area (Å²) in [6.07, 6.45) is -22.2. The van der Waals surface area contributed by atoms with Gasteiger partial charge in [0, 0.05) is 0 Å². The van der Waals surface area contributed by atoms with E-state index in [9.17, 15) is 66.1 Å². The van der Waals surface area contributed by atoms with Gasteiger partial charge in [-0.1, -0.05) is 46.3 Å². The summed E-state index contributed by atoms with van der Waals surface area (Å²) >= 11 is 0. The fourth-order valence-electron chi connectivity index (χ4n) is 15.0. The second-order valence-corrected chi connectivity index (χ2v) is 22.7.